The minimum Gasteiger partial charge on any atom is -0.506 e. The van der Waals surface area contributed by atoms with Gasteiger partial charge in [-0.05, 0) is 24.6 Å². The number of carbonyl (C=O) groups is 1. The summed E-state index contributed by atoms with van der Waals surface area (Å²) in [6.45, 7) is 1.92. The Hall–Kier alpha value is -3.21. The zero-order valence-corrected chi connectivity index (χ0v) is 14.4. The fourth-order valence-electron chi connectivity index (χ4n) is 3.66. The summed E-state index contributed by atoms with van der Waals surface area (Å²) >= 11 is 0. The molecule has 26 heavy (non-hydrogen) atoms. The molecule has 0 amide bonds. The Bertz CT molecular complexity index is 1020. The van der Waals surface area contributed by atoms with Gasteiger partial charge in [0, 0.05) is 22.8 Å². The third kappa shape index (κ3) is 2.28. The molecule has 4 rings (SSSR count). The predicted octanol–water partition coefficient (Wildman–Crippen LogP) is 4.10. The van der Waals surface area contributed by atoms with E-state index in [4.69, 9.17) is 9.47 Å². The first kappa shape index (κ1) is 16.3. The molecule has 0 aliphatic carbocycles. The van der Waals surface area contributed by atoms with Crippen molar-refractivity contribution in [3.05, 3.63) is 65.2 Å². The molecule has 1 unspecified atom stereocenters. The van der Waals surface area contributed by atoms with Crippen LogP contribution in [0.3, 0.4) is 0 Å². The fraction of sp³-hybridized carbons (Fsp3) is 0.190. The van der Waals surface area contributed by atoms with Crippen LogP contribution < -0.4 is 9.47 Å². The Balaban J connectivity index is 1.91. The minimum atomic E-state index is -1.16. The highest BCUT2D eigenvalue weighted by Gasteiger charge is 2.41. The summed E-state index contributed by atoms with van der Waals surface area (Å²) in [7, 11) is 1.60. The third-order valence-corrected chi connectivity index (χ3v) is 5.00. The number of aromatic hydroxyl groups is 1. The SMILES string of the molecule is COc1ccc(C2(C)Cc3c(C(=O)O)c(O)c4ccccc4c3O2)cc1. The molecule has 3 aromatic carbocycles. The minimum absolute atomic E-state index is 0.0871. The average Bonchev–Trinajstić information content (AvgIpc) is 3.00. The van der Waals surface area contributed by atoms with Crippen LogP contribution >= 0.6 is 0 Å². The monoisotopic (exact) mass is 350 g/mol. The first-order valence-electron chi connectivity index (χ1n) is 8.28. The molecule has 1 atom stereocenters. The van der Waals surface area contributed by atoms with E-state index in [2.05, 4.69) is 0 Å². The van der Waals surface area contributed by atoms with Crippen LogP contribution in [0.15, 0.2) is 48.5 Å². The molecule has 0 aromatic heterocycles. The van der Waals surface area contributed by atoms with Crippen LogP contribution in [-0.4, -0.2) is 23.3 Å². The summed E-state index contributed by atoms with van der Waals surface area (Å²) in [5, 5.41) is 21.4. The van der Waals surface area contributed by atoms with E-state index in [1.54, 1.807) is 19.2 Å². The molecule has 0 radical (unpaired) electrons. The first-order chi connectivity index (χ1) is 12.4. The Labute approximate surface area is 150 Å². The number of fused-ring (bicyclic) bond motifs is 3. The molecule has 5 heteroatoms. The van der Waals surface area contributed by atoms with Crippen molar-refractivity contribution in [3.63, 3.8) is 0 Å². The number of benzene rings is 3. The molecular weight excluding hydrogens is 332 g/mol. The molecule has 2 N–H and O–H groups in total. The van der Waals surface area contributed by atoms with Gasteiger partial charge in [-0.25, -0.2) is 4.79 Å². The van der Waals surface area contributed by atoms with Gasteiger partial charge in [0.15, 0.2) is 0 Å². The van der Waals surface area contributed by atoms with E-state index >= 15 is 0 Å². The van der Waals surface area contributed by atoms with Gasteiger partial charge < -0.3 is 19.7 Å². The van der Waals surface area contributed by atoms with E-state index in [1.807, 2.05) is 43.3 Å². The highest BCUT2D eigenvalue weighted by Crippen LogP contribution is 2.50. The van der Waals surface area contributed by atoms with E-state index in [-0.39, 0.29) is 11.3 Å². The van der Waals surface area contributed by atoms with Crippen molar-refractivity contribution in [1.29, 1.82) is 0 Å². The number of hydrogen-bond acceptors (Lipinski definition) is 4. The number of hydrogen-bond donors (Lipinski definition) is 2. The maximum Gasteiger partial charge on any atom is 0.339 e. The lowest BCUT2D eigenvalue weighted by Gasteiger charge is -2.25. The maximum absolute atomic E-state index is 11.8. The summed E-state index contributed by atoms with van der Waals surface area (Å²) in [5.41, 5.74) is 0.618. The van der Waals surface area contributed by atoms with Crippen molar-refractivity contribution in [1.82, 2.24) is 0 Å². The van der Waals surface area contributed by atoms with Crippen LogP contribution in [0.2, 0.25) is 0 Å². The lowest BCUT2D eigenvalue weighted by molar-refractivity contribution is 0.0693. The lowest BCUT2D eigenvalue weighted by atomic mass is 9.88. The van der Waals surface area contributed by atoms with Gasteiger partial charge in [0.1, 0.15) is 28.4 Å². The number of carboxylic acids is 1. The number of ether oxygens (including phenoxy) is 2. The maximum atomic E-state index is 11.8. The van der Waals surface area contributed by atoms with Crippen molar-refractivity contribution >= 4 is 16.7 Å². The second kappa shape index (κ2) is 5.66. The van der Waals surface area contributed by atoms with Gasteiger partial charge in [-0.1, -0.05) is 36.4 Å². The van der Waals surface area contributed by atoms with Gasteiger partial charge in [-0.2, -0.15) is 0 Å². The smallest absolute Gasteiger partial charge is 0.339 e. The third-order valence-electron chi connectivity index (χ3n) is 5.00. The van der Waals surface area contributed by atoms with E-state index in [1.165, 1.54) is 0 Å². The van der Waals surface area contributed by atoms with Crippen molar-refractivity contribution < 1.29 is 24.5 Å². The highest BCUT2D eigenvalue weighted by molar-refractivity contribution is 6.05. The van der Waals surface area contributed by atoms with E-state index in [9.17, 15) is 15.0 Å². The summed E-state index contributed by atoms with van der Waals surface area (Å²) in [6, 6.07) is 14.7. The Morgan fingerprint density at radius 2 is 1.77 bits per heavy atom. The van der Waals surface area contributed by atoms with Gasteiger partial charge in [-0.3, -0.25) is 0 Å². The number of phenols is 1. The van der Waals surface area contributed by atoms with E-state index < -0.39 is 11.6 Å². The molecule has 0 fully saturated rings. The van der Waals surface area contributed by atoms with Crippen LogP contribution in [0.4, 0.5) is 0 Å². The highest BCUT2D eigenvalue weighted by atomic mass is 16.5. The fourth-order valence-corrected chi connectivity index (χ4v) is 3.66. The summed E-state index contributed by atoms with van der Waals surface area (Å²) in [4.78, 5) is 11.8. The molecular formula is C21H18O5. The van der Waals surface area contributed by atoms with Gasteiger partial charge in [0.25, 0.3) is 0 Å². The molecule has 0 bridgehead atoms. The van der Waals surface area contributed by atoms with Crippen LogP contribution in [0, 0.1) is 0 Å². The first-order valence-corrected chi connectivity index (χ1v) is 8.28. The molecule has 1 heterocycles. The zero-order chi connectivity index (χ0) is 18.5. The zero-order valence-electron chi connectivity index (χ0n) is 14.4. The lowest BCUT2D eigenvalue weighted by Crippen LogP contribution is -2.27. The number of methoxy groups -OCH3 is 1. The van der Waals surface area contributed by atoms with E-state index in [0.717, 1.165) is 11.3 Å². The molecule has 5 nitrogen and oxygen atoms in total. The van der Waals surface area contributed by atoms with Crippen molar-refractivity contribution in [2.75, 3.05) is 7.11 Å². The topological polar surface area (TPSA) is 76.0 Å². The molecule has 132 valence electrons. The van der Waals surface area contributed by atoms with Crippen LogP contribution in [0.5, 0.6) is 17.2 Å². The Kier molecular flexibility index (Phi) is 3.54. The Morgan fingerprint density at radius 3 is 2.38 bits per heavy atom. The van der Waals surface area contributed by atoms with Gasteiger partial charge in [-0.15, -0.1) is 0 Å². The summed E-state index contributed by atoms with van der Waals surface area (Å²) in [5.74, 6) is -0.113. The van der Waals surface area contributed by atoms with Gasteiger partial charge in [0.05, 0.1) is 7.11 Å². The van der Waals surface area contributed by atoms with Crippen molar-refractivity contribution in [2.24, 2.45) is 0 Å². The molecule has 0 saturated heterocycles. The number of carboxylic acid groups (broad SMARTS) is 1. The van der Waals surface area contributed by atoms with Crippen LogP contribution in [0.25, 0.3) is 10.8 Å². The molecule has 1 aliphatic heterocycles. The predicted molar refractivity (Wildman–Crippen MR) is 97.3 cm³/mol. The van der Waals surface area contributed by atoms with Gasteiger partial charge >= 0.3 is 5.97 Å². The van der Waals surface area contributed by atoms with Crippen molar-refractivity contribution in [3.8, 4) is 17.2 Å². The van der Waals surface area contributed by atoms with Crippen LogP contribution in [0.1, 0.15) is 28.4 Å². The molecule has 0 spiro atoms. The quantitative estimate of drug-likeness (QED) is 0.744. The second-order valence-electron chi connectivity index (χ2n) is 6.62. The number of aromatic carboxylic acids is 1. The summed E-state index contributed by atoms with van der Waals surface area (Å²) in [6.07, 6.45) is 0.356. The summed E-state index contributed by atoms with van der Waals surface area (Å²) < 4.78 is 11.5. The van der Waals surface area contributed by atoms with Crippen molar-refractivity contribution in [2.45, 2.75) is 18.9 Å². The van der Waals surface area contributed by atoms with E-state index in [0.29, 0.717) is 28.5 Å². The van der Waals surface area contributed by atoms with Gasteiger partial charge in [0.2, 0.25) is 0 Å². The second-order valence-corrected chi connectivity index (χ2v) is 6.62. The normalized spacial score (nSPS) is 18.4. The molecule has 1 aliphatic rings. The largest absolute Gasteiger partial charge is 0.506 e. The Morgan fingerprint density at radius 1 is 1.12 bits per heavy atom. The average molecular weight is 350 g/mol. The molecule has 3 aromatic rings. The molecule has 0 saturated carbocycles. The standard InChI is InChI=1S/C21H18O5/c1-21(12-7-9-13(25-2)10-8-12)11-16-17(20(23)24)18(22)14-5-3-4-6-15(14)19(16)26-21/h3-10,22H,11H2,1-2H3,(H,23,24). The van der Waals surface area contributed by atoms with Crippen LogP contribution in [-0.2, 0) is 12.0 Å². The number of rotatable bonds is 3.